The fraction of sp³-hybridized carbons (Fsp3) is 0.765. The summed E-state index contributed by atoms with van der Waals surface area (Å²) in [6.45, 7) is 7.85. The Hall–Kier alpha value is -1.20. The number of piperazine rings is 1. The van der Waals surface area contributed by atoms with Crippen molar-refractivity contribution in [2.75, 3.05) is 45.1 Å². The molecule has 2 fully saturated rings. The molecule has 2 aliphatic rings. The highest BCUT2D eigenvalue weighted by Crippen LogP contribution is 2.36. The SMILES string of the molecule is CCc1cnc(NCC2(N3CCN(C)CC3)CCCC2)nc1. The predicted molar refractivity (Wildman–Crippen MR) is 90.2 cm³/mol. The maximum atomic E-state index is 4.45. The van der Waals surface area contributed by atoms with Gasteiger partial charge < -0.3 is 10.2 Å². The van der Waals surface area contributed by atoms with Crippen molar-refractivity contribution in [3.63, 3.8) is 0 Å². The number of nitrogens with zero attached hydrogens (tertiary/aromatic N) is 4. The molecule has 3 rings (SSSR count). The summed E-state index contributed by atoms with van der Waals surface area (Å²) in [5.41, 5.74) is 1.51. The molecule has 0 atom stereocenters. The number of likely N-dealkylation sites (N-methyl/N-ethyl adjacent to an activating group) is 1. The molecule has 0 amide bonds. The topological polar surface area (TPSA) is 44.3 Å². The second-order valence-corrected chi connectivity index (χ2v) is 6.84. The Kier molecular flexibility index (Phi) is 4.93. The zero-order valence-electron chi connectivity index (χ0n) is 14.0. The van der Waals surface area contributed by atoms with Gasteiger partial charge in [0, 0.05) is 50.7 Å². The second-order valence-electron chi connectivity index (χ2n) is 6.84. The lowest BCUT2D eigenvalue weighted by Gasteiger charge is -2.45. The van der Waals surface area contributed by atoms with Gasteiger partial charge >= 0.3 is 0 Å². The molecular formula is C17H29N5. The van der Waals surface area contributed by atoms with Gasteiger partial charge in [-0.2, -0.15) is 0 Å². The summed E-state index contributed by atoms with van der Waals surface area (Å²) in [6.07, 6.45) is 10.2. The van der Waals surface area contributed by atoms with Gasteiger partial charge in [0.1, 0.15) is 0 Å². The molecule has 0 unspecified atom stereocenters. The minimum absolute atomic E-state index is 0.314. The Morgan fingerprint density at radius 3 is 2.32 bits per heavy atom. The Morgan fingerprint density at radius 1 is 1.09 bits per heavy atom. The van der Waals surface area contributed by atoms with E-state index in [1.165, 1.54) is 57.4 Å². The van der Waals surface area contributed by atoms with Crippen LogP contribution in [-0.4, -0.2) is 65.1 Å². The van der Waals surface area contributed by atoms with Crippen LogP contribution in [0.1, 0.15) is 38.2 Å². The normalized spacial score (nSPS) is 22.8. The summed E-state index contributed by atoms with van der Waals surface area (Å²) in [5, 5.41) is 3.51. The van der Waals surface area contributed by atoms with E-state index in [2.05, 4.69) is 39.1 Å². The fourth-order valence-electron chi connectivity index (χ4n) is 3.79. The zero-order valence-corrected chi connectivity index (χ0v) is 14.0. The molecule has 5 heteroatoms. The lowest BCUT2D eigenvalue weighted by atomic mass is 9.94. The molecule has 0 radical (unpaired) electrons. The molecule has 2 heterocycles. The first-order valence-corrected chi connectivity index (χ1v) is 8.70. The van der Waals surface area contributed by atoms with Gasteiger partial charge in [0.15, 0.2) is 0 Å². The highest BCUT2D eigenvalue weighted by Gasteiger charge is 2.40. The van der Waals surface area contributed by atoms with Crippen LogP contribution in [0.3, 0.4) is 0 Å². The molecule has 122 valence electrons. The van der Waals surface area contributed by atoms with E-state index < -0.39 is 0 Å². The third kappa shape index (κ3) is 3.41. The molecule has 0 spiro atoms. The van der Waals surface area contributed by atoms with Crippen LogP contribution >= 0.6 is 0 Å². The van der Waals surface area contributed by atoms with E-state index in [-0.39, 0.29) is 0 Å². The van der Waals surface area contributed by atoms with Crippen LogP contribution in [0.2, 0.25) is 0 Å². The number of aromatic nitrogens is 2. The van der Waals surface area contributed by atoms with Gasteiger partial charge in [-0.25, -0.2) is 9.97 Å². The molecule has 1 saturated heterocycles. The molecule has 1 aromatic rings. The van der Waals surface area contributed by atoms with E-state index in [4.69, 9.17) is 0 Å². The van der Waals surface area contributed by atoms with Crippen LogP contribution in [0.4, 0.5) is 5.95 Å². The quantitative estimate of drug-likeness (QED) is 0.901. The van der Waals surface area contributed by atoms with Crippen molar-refractivity contribution in [2.24, 2.45) is 0 Å². The van der Waals surface area contributed by atoms with E-state index >= 15 is 0 Å². The molecule has 0 aromatic carbocycles. The molecular weight excluding hydrogens is 274 g/mol. The summed E-state index contributed by atoms with van der Waals surface area (Å²) in [4.78, 5) is 14.0. The molecule has 0 bridgehead atoms. The number of rotatable bonds is 5. The van der Waals surface area contributed by atoms with Gasteiger partial charge in [-0.05, 0) is 31.9 Å². The number of hydrogen-bond donors (Lipinski definition) is 1. The standard InChI is InChI=1S/C17H29N5/c1-3-15-12-18-16(19-13-15)20-14-17(6-4-5-7-17)22-10-8-21(2)9-11-22/h12-13H,3-11,14H2,1-2H3,(H,18,19,20). The van der Waals surface area contributed by atoms with Crippen molar-refractivity contribution >= 4 is 5.95 Å². The average molecular weight is 303 g/mol. The smallest absolute Gasteiger partial charge is 0.222 e. The molecule has 1 saturated carbocycles. The first kappa shape index (κ1) is 15.7. The van der Waals surface area contributed by atoms with Gasteiger partial charge in [-0.15, -0.1) is 0 Å². The Morgan fingerprint density at radius 2 is 1.73 bits per heavy atom. The molecule has 1 aliphatic heterocycles. The first-order chi connectivity index (χ1) is 10.7. The number of aryl methyl sites for hydroxylation is 1. The largest absolute Gasteiger partial charge is 0.352 e. The highest BCUT2D eigenvalue weighted by atomic mass is 15.3. The molecule has 22 heavy (non-hydrogen) atoms. The first-order valence-electron chi connectivity index (χ1n) is 8.70. The monoisotopic (exact) mass is 303 g/mol. The van der Waals surface area contributed by atoms with E-state index in [9.17, 15) is 0 Å². The van der Waals surface area contributed by atoms with Crippen LogP contribution in [0.25, 0.3) is 0 Å². The van der Waals surface area contributed by atoms with Gasteiger partial charge in [0.2, 0.25) is 5.95 Å². The summed E-state index contributed by atoms with van der Waals surface area (Å²) in [5.74, 6) is 0.776. The van der Waals surface area contributed by atoms with Crippen molar-refractivity contribution in [1.82, 2.24) is 19.8 Å². The summed E-state index contributed by atoms with van der Waals surface area (Å²) >= 11 is 0. The van der Waals surface area contributed by atoms with Crippen molar-refractivity contribution < 1.29 is 0 Å². The Labute approximate surface area is 134 Å². The van der Waals surface area contributed by atoms with Crippen LogP contribution in [-0.2, 0) is 6.42 Å². The summed E-state index contributed by atoms with van der Waals surface area (Å²) < 4.78 is 0. The molecule has 1 N–H and O–H groups in total. The second kappa shape index (κ2) is 6.92. The van der Waals surface area contributed by atoms with E-state index in [1.807, 2.05) is 12.4 Å². The van der Waals surface area contributed by atoms with E-state index in [1.54, 1.807) is 0 Å². The lowest BCUT2D eigenvalue weighted by Crippen LogP contribution is -2.58. The Bertz CT molecular complexity index is 458. The maximum Gasteiger partial charge on any atom is 0.222 e. The van der Waals surface area contributed by atoms with Crippen molar-refractivity contribution in [3.05, 3.63) is 18.0 Å². The minimum atomic E-state index is 0.314. The van der Waals surface area contributed by atoms with Crippen LogP contribution in [0.5, 0.6) is 0 Å². The maximum absolute atomic E-state index is 4.45. The van der Waals surface area contributed by atoms with Crippen molar-refractivity contribution in [1.29, 1.82) is 0 Å². The third-order valence-electron chi connectivity index (χ3n) is 5.40. The average Bonchev–Trinajstić information content (AvgIpc) is 3.04. The van der Waals surface area contributed by atoms with Gasteiger partial charge in [0.05, 0.1) is 0 Å². The predicted octanol–water partition coefficient (Wildman–Crippen LogP) is 2.01. The summed E-state index contributed by atoms with van der Waals surface area (Å²) in [6, 6.07) is 0. The van der Waals surface area contributed by atoms with E-state index in [0.29, 0.717) is 5.54 Å². The Balaban J connectivity index is 1.63. The zero-order chi connectivity index (χ0) is 15.4. The van der Waals surface area contributed by atoms with E-state index in [0.717, 1.165) is 18.9 Å². The van der Waals surface area contributed by atoms with Crippen molar-refractivity contribution in [3.8, 4) is 0 Å². The van der Waals surface area contributed by atoms with Gasteiger partial charge in [-0.1, -0.05) is 19.8 Å². The molecule has 1 aromatic heterocycles. The fourth-order valence-corrected chi connectivity index (χ4v) is 3.79. The number of nitrogens with one attached hydrogen (secondary N) is 1. The third-order valence-corrected chi connectivity index (χ3v) is 5.40. The minimum Gasteiger partial charge on any atom is -0.352 e. The highest BCUT2D eigenvalue weighted by molar-refractivity contribution is 5.26. The molecule has 5 nitrogen and oxygen atoms in total. The number of hydrogen-bond acceptors (Lipinski definition) is 5. The van der Waals surface area contributed by atoms with Crippen molar-refractivity contribution in [2.45, 2.75) is 44.6 Å². The number of anilines is 1. The van der Waals surface area contributed by atoms with Crippen LogP contribution in [0.15, 0.2) is 12.4 Å². The van der Waals surface area contributed by atoms with Crippen LogP contribution in [0, 0.1) is 0 Å². The summed E-state index contributed by atoms with van der Waals surface area (Å²) in [7, 11) is 2.22. The van der Waals surface area contributed by atoms with Gasteiger partial charge in [-0.3, -0.25) is 4.90 Å². The van der Waals surface area contributed by atoms with Gasteiger partial charge in [0.25, 0.3) is 0 Å². The lowest BCUT2D eigenvalue weighted by molar-refractivity contribution is 0.0510. The molecule has 1 aliphatic carbocycles. The van der Waals surface area contributed by atoms with Crippen LogP contribution < -0.4 is 5.32 Å².